The fraction of sp³-hybridized carbons (Fsp3) is 0.304. The van der Waals surface area contributed by atoms with Gasteiger partial charge in [0.15, 0.2) is 6.04 Å². The molecule has 0 N–H and O–H groups in total. The summed E-state index contributed by atoms with van der Waals surface area (Å²) in [6.45, 7) is 1.08. The van der Waals surface area contributed by atoms with E-state index in [1.165, 1.54) is 57.5 Å². The summed E-state index contributed by atoms with van der Waals surface area (Å²) in [5.74, 6) is -2.17. The SMILES string of the molecule is CCOC(=O)[C@@H]1C(C(=O)OC)=C(c2ccc(OC)cc2)c2ccc(OC)cc2N1S(=O)(=O)C(F)(F)F. The van der Waals surface area contributed by atoms with Crippen LogP contribution in [-0.4, -0.2) is 59.8 Å². The zero-order chi connectivity index (χ0) is 26.8. The molecule has 0 unspecified atom stereocenters. The van der Waals surface area contributed by atoms with Crippen molar-refractivity contribution in [1.82, 2.24) is 0 Å². The summed E-state index contributed by atoms with van der Waals surface area (Å²) in [4.78, 5) is 26.1. The van der Waals surface area contributed by atoms with Crippen molar-refractivity contribution in [3.63, 3.8) is 0 Å². The number of hydrogen-bond acceptors (Lipinski definition) is 8. The van der Waals surface area contributed by atoms with Crippen molar-refractivity contribution in [2.24, 2.45) is 0 Å². The second-order valence-electron chi connectivity index (χ2n) is 7.29. The van der Waals surface area contributed by atoms with Crippen molar-refractivity contribution in [2.45, 2.75) is 18.5 Å². The molecule has 0 aliphatic carbocycles. The largest absolute Gasteiger partial charge is 0.516 e. The molecule has 0 saturated carbocycles. The van der Waals surface area contributed by atoms with Crippen molar-refractivity contribution in [3.05, 3.63) is 59.2 Å². The average molecular weight is 529 g/mol. The number of carbonyl (C=O) groups is 2. The van der Waals surface area contributed by atoms with Gasteiger partial charge >= 0.3 is 27.5 Å². The fourth-order valence-corrected chi connectivity index (χ4v) is 4.88. The van der Waals surface area contributed by atoms with Crippen LogP contribution in [0.25, 0.3) is 5.57 Å². The van der Waals surface area contributed by atoms with E-state index in [0.29, 0.717) is 5.75 Å². The molecular formula is C23H22F3NO8S. The number of hydrogen-bond donors (Lipinski definition) is 0. The van der Waals surface area contributed by atoms with Crippen LogP contribution < -0.4 is 13.8 Å². The number of alkyl halides is 3. The van der Waals surface area contributed by atoms with Gasteiger partial charge in [0.05, 0.1) is 39.2 Å². The number of sulfonamides is 1. The van der Waals surface area contributed by atoms with E-state index in [1.54, 1.807) is 0 Å². The molecular weight excluding hydrogens is 507 g/mol. The van der Waals surface area contributed by atoms with Gasteiger partial charge in [-0.15, -0.1) is 0 Å². The van der Waals surface area contributed by atoms with Gasteiger partial charge in [-0.3, -0.25) is 0 Å². The molecule has 13 heteroatoms. The number of nitrogens with zero attached hydrogens (tertiary/aromatic N) is 1. The third kappa shape index (κ3) is 4.57. The Bertz CT molecular complexity index is 1300. The van der Waals surface area contributed by atoms with Crippen molar-refractivity contribution in [2.75, 3.05) is 32.2 Å². The smallest absolute Gasteiger partial charge is 0.497 e. The molecule has 1 heterocycles. The minimum Gasteiger partial charge on any atom is -0.497 e. The molecule has 0 spiro atoms. The molecule has 2 aromatic rings. The van der Waals surface area contributed by atoms with Gasteiger partial charge < -0.3 is 18.9 Å². The van der Waals surface area contributed by atoms with Crippen molar-refractivity contribution < 1.29 is 50.1 Å². The highest BCUT2D eigenvalue weighted by Gasteiger charge is 2.57. The number of ether oxygens (including phenoxy) is 4. The van der Waals surface area contributed by atoms with E-state index in [9.17, 15) is 31.2 Å². The van der Waals surface area contributed by atoms with Gasteiger partial charge in [-0.1, -0.05) is 12.1 Å². The molecule has 0 aromatic heterocycles. The highest BCUT2D eigenvalue weighted by molar-refractivity contribution is 7.93. The molecule has 0 saturated heterocycles. The Labute approximate surface area is 205 Å². The van der Waals surface area contributed by atoms with Gasteiger partial charge in [0.25, 0.3) is 0 Å². The summed E-state index contributed by atoms with van der Waals surface area (Å²) < 4.78 is 87.1. The van der Waals surface area contributed by atoms with Gasteiger partial charge in [0, 0.05) is 17.2 Å². The van der Waals surface area contributed by atoms with Crippen LogP contribution in [-0.2, 0) is 29.1 Å². The number of anilines is 1. The molecule has 36 heavy (non-hydrogen) atoms. The molecule has 1 atom stereocenters. The van der Waals surface area contributed by atoms with Crippen molar-refractivity contribution >= 4 is 33.2 Å². The molecule has 1 aliphatic rings. The number of esters is 2. The Hall–Kier alpha value is -3.74. The zero-order valence-corrected chi connectivity index (χ0v) is 20.4. The molecule has 0 radical (unpaired) electrons. The molecule has 0 fully saturated rings. The Morgan fingerprint density at radius 3 is 2.06 bits per heavy atom. The highest BCUT2D eigenvalue weighted by atomic mass is 32.2. The lowest BCUT2D eigenvalue weighted by molar-refractivity contribution is -0.146. The zero-order valence-electron chi connectivity index (χ0n) is 19.6. The minimum atomic E-state index is -6.23. The number of halogens is 3. The predicted octanol–water partition coefficient (Wildman–Crippen LogP) is 3.28. The molecule has 3 rings (SSSR count). The average Bonchev–Trinajstić information content (AvgIpc) is 2.85. The highest BCUT2D eigenvalue weighted by Crippen LogP contribution is 2.47. The van der Waals surface area contributed by atoms with Crippen LogP contribution in [0.15, 0.2) is 48.0 Å². The summed E-state index contributed by atoms with van der Waals surface area (Å²) >= 11 is 0. The Morgan fingerprint density at radius 2 is 1.56 bits per heavy atom. The first-order chi connectivity index (χ1) is 16.9. The summed E-state index contributed by atoms with van der Waals surface area (Å²) in [6.07, 6.45) is 0. The molecule has 0 amide bonds. The first-order valence-electron chi connectivity index (χ1n) is 10.4. The first kappa shape index (κ1) is 26.9. The third-order valence-corrected chi connectivity index (χ3v) is 6.84. The number of methoxy groups -OCH3 is 3. The van der Waals surface area contributed by atoms with Gasteiger partial charge in [-0.05, 0) is 36.8 Å². The summed E-state index contributed by atoms with van der Waals surface area (Å²) in [7, 11) is -2.62. The van der Waals surface area contributed by atoms with Crippen LogP contribution in [0.5, 0.6) is 11.5 Å². The third-order valence-electron chi connectivity index (χ3n) is 5.33. The second kappa shape index (κ2) is 10.1. The van der Waals surface area contributed by atoms with Crippen molar-refractivity contribution in [1.29, 1.82) is 0 Å². The summed E-state index contributed by atoms with van der Waals surface area (Å²) in [5.41, 5.74) is -6.84. The van der Waals surface area contributed by atoms with E-state index in [-0.39, 0.29) is 33.4 Å². The normalized spacial score (nSPS) is 15.8. The number of rotatable bonds is 7. The minimum absolute atomic E-state index is 0.00864. The molecule has 0 bridgehead atoms. The van der Waals surface area contributed by atoms with Crippen LogP contribution in [0, 0.1) is 0 Å². The quantitative estimate of drug-likeness (QED) is 0.503. The molecule has 2 aromatic carbocycles. The first-order valence-corrected chi connectivity index (χ1v) is 11.8. The van der Waals surface area contributed by atoms with Crippen molar-refractivity contribution in [3.8, 4) is 11.5 Å². The van der Waals surface area contributed by atoms with E-state index in [4.69, 9.17) is 18.9 Å². The Kier molecular flexibility index (Phi) is 7.53. The van der Waals surface area contributed by atoms with Crippen LogP contribution >= 0.6 is 0 Å². The molecule has 1 aliphatic heterocycles. The van der Waals surface area contributed by atoms with Gasteiger partial charge in [0.2, 0.25) is 0 Å². The lowest BCUT2D eigenvalue weighted by atomic mass is 9.85. The van der Waals surface area contributed by atoms with Crippen LogP contribution in [0.3, 0.4) is 0 Å². The summed E-state index contributed by atoms with van der Waals surface area (Å²) in [5, 5.41) is 0. The maximum Gasteiger partial charge on any atom is 0.516 e. The van der Waals surface area contributed by atoms with Gasteiger partial charge in [-0.2, -0.15) is 21.6 Å². The second-order valence-corrected chi connectivity index (χ2v) is 9.10. The summed E-state index contributed by atoms with van der Waals surface area (Å²) in [6, 6.07) is 7.40. The standard InChI is InChI=1S/C23H22F3NO8S/c1-5-35-22(29)20-19(21(28)34-4)18(13-6-8-14(32-2)9-7-13)16-11-10-15(33-3)12-17(16)27(20)36(30,31)23(24,25)26/h6-12,20H,5H2,1-4H3/t20-/m0/s1. The maximum atomic E-state index is 13.9. The Balaban J connectivity index is 2.53. The van der Waals surface area contributed by atoms with E-state index >= 15 is 0 Å². The predicted molar refractivity (Wildman–Crippen MR) is 122 cm³/mol. The van der Waals surface area contributed by atoms with E-state index in [0.717, 1.165) is 13.2 Å². The molecule has 194 valence electrons. The monoisotopic (exact) mass is 529 g/mol. The fourth-order valence-electron chi connectivity index (χ4n) is 3.78. The topological polar surface area (TPSA) is 108 Å². The van der Waals surface area contributed by atoms with E-state index < -0.39 is 44.8 Å². The number of fused-ring (bicyclic) bond motifs is 1. The maximum absolute atomic E-state index is 13.9. The lowest BCUT2D eigenvalue weighted by Gasteiger charge is -2.38. The lowest BCUT2D eigenvalue weighted by Crippen LogP contribution is -2.54. The Morgan fingerprint density at radius 1 is 0.972 bits per heavy atom. The van der Waals surface area contributed by atoms with Crippen LogP contribution in [0.2, 0.25) is 0 Å². The number of benzene rings is 2. The van der Waals surface area contributed by atoms with Crippen LogP contribution in [0.1, 0.15) is 18.1 Å². The van der Waals surface area contributed by atoms with Crippen LogP contribution in [0.4, 0.5) is 18.9 Å². The molecule has 9 nitrogen and oxygen atoms in total. The van der Waals surface area contributed by atoms with E-state index in [1.807, 2.05) is 0 Å². The van der Waals surface area contributed by atoms with Gasteiger partial charge in [-0.25, -0.2) is 13.9 Å². The van der Waals surface area contributed by atoms with E-state index in [2.05, 4.69) is 0 Å². The van der Waals surface area contributed by atoms with Gasteiger partial charge in [0.1, 0.15) is 11.5 Å². The number of carbonyl (C=O) groups excluding carboxylic acids is 2.